The van der Waals surface area contributed by atoms with Crippen molar-refractivity contribution in [1.29, 1.82) is 0 Å². The Balaban J connectivity index is 1.32. The highest BCUT2D eigenvalue weighted by atomic mass is 32.2. The summed E-state index contributed by atoms with van der Waals surface area (Å²) in [6.07, 6.45) is 5.06. The molecule has 0 aliphatic carbocycles. The molecule has 1 aliphatic rings. The van der Waals surface area contributed by atoms with Gasteiger partial charge >= 0.3 is 0 Å². The Kier molecular flexibility index (Phi) is 4.72. The zero-order valence-electron chi connectivity index (χ0n) is 14.6. The molecule has 1 N–H and O–H groups in total. The van der Waals surface area contributed by atoms with E-state index in [1.165, 1.54) is 5.56 Å². The van der Waals surface area contributed by atoms with Gasteiger partial charge in [0.2, 0.25) is 0 Å². The molecule has 0 amide bonds. The predicted octanol–water partition coefficient (Wildman–Crippen LogP) is 3.84. The van der Waals surface area contributed by atoms with Crippen LogP contribution in [0.3, 0.4) is 0 Å². The highest BCUT2D eigenvalue weighted by molar-refractivity contribution is 7.99. The fraction of sp³-hybridized carbons (Fsp3) is 0.421. The molecule has 6 heteroatoms. The molecule has 5 nitrogen and oxygen atoms in total. The van der Waals surface area contributed by atoms with E-state index < -0.39 is 0 Å². The average molecular weight is 353 g/mol. The summed E-state index contributed by atoms with van der Waals surface area (Å²) in [6, 6.07) is 8.21. The van der Waals surface area contributed by atoms with Crippen molar-refractivity contribution >= 4 is 22.8 Å². The van der Waals surface area contributed by atoms with Crippen LogP contribution in [0.2, 0.25) is 0 Å². The van der Waals surface area contributed by atoms with Gasteiger partial charge in [0.05, 0.1) is 11.0 Å². The summed E-state index contributed by atoms with van der Waals surface area (Å²) in [5, 5.41) is 1.44. The number of imidazole rings is 1. The van der Waals surface area contributed by atoms with Gasteiger partial charge in [-0.1, -0.05) is 37.7 Å². The molecule has 0 radical (unpaired) electrons. The molecule has 1 aromatic carbocycles. The normalized spacial score (nSPS) is 16.9. The van der Waals surface area contributed by atoms with Gasteiger partial charge < -0.3 is 4.98 Å². The maximum absolute atomic E-state index is 4.71. The van der Waals surface area contributed by atoms with Crippen molar-refractivity contribution in [2.75, 3.05) is 13.1 Å². The van der Waals surface area contributed by atoms with E-state index in [9.17, 15) is 0 Å². The number of aromatic amines is 1. The van der Waals surface area contributed by atoms with Crippen molar-refractivity contribution < 1.29 is 0 Å². The van der Waals surface area contributed by atoms with E-state index >= 15 is 0 Å². The van der Waals surface area contributed by atoms with E-state index in [1.807, 2.05) is 24.5 Å². The van der Waals surface area contributed by atoms with Crippen LogP contribution in [0.5, 0.6) is 0 Å². The van der Waals surface area contributed by atoms with Crippen LogP contribution in [0.25, 0.3) is 11.0 Å². The molecule has 0 spiro atoms. The zero-order chi connectivity index (χ0) is 17.2. The first-order chi connectivity index (χ1) is 12.2. The standard InChI is InChI=1S/C19H23N5S/c1-3-13(2)25-19-20-8-14(9-21-19)10-24-11-15(12-24)18-22-16-6-4-5-7-17(16)23-18/h4-9,13,15H,3,10-12H2,1-2H3,(H,22,23)/t13-/m0/s1. The Labute approximate surface area is 152 Å². The lowest BCUT2D eigenvalue weighted by atomic mass is 9.99. The van der Waals surface area contributed by atoms with Crippen LogP contribution in [0.15, 0.2) is 41.8 Å². The van der Waals surface area contributed by atoms with Gasteiger partial charge in [-0.15, -0.1) is 0 Å². The Morgan fingerprint density at radius 2 is 2.00 bits per heavy atom. The van der Waals surface area contributed by atoms with Crippen LogP contribution >= 0.6 is 11.8 Å². The third-order valence-electron chi connectivity index (χ3n) is 4.72. The van der Waals surface area contributed by atoms with Crippen LogP contribution in [0.1, 0.15) is 37.6 Å². The number of nitrogens with zero attached hydrogens (tertiary/aromatic N) is 4. The first-order valence-corrected chi connectivity index (χ1v) is 9.74. The summed E-state index contributed by atoms with van der Waals surface area (Å²) in [6.45, 7) is 7.37. The highest BCUT2D eigenvalue weighted by Gasteiger charge is 2.30. The van der Waals surface area contributed by atoms with E-state index in [2.05, 4.69) is 45.8 Å². The summed E-state index contributed by atoms with van der Waals surface area (Å²) >= 11 is 1.74. The lowest BCUT2D eigenvalue weighted by Crippen LogP contribution is -2.44. The fourth-order valence-corrected chi connectivity index (χ4v) is 3.80. The Bertz CT molecular complexity index is 805. The SMILES string of the molecule is CC[C@H](C)Sc1ncc(CN2CC(c3nc4ccccc4[nH]3)C2)cn1. The molecule has 3 aromatic rings. The van der Waals surface area contributed by atoms with Crippen LogP contribution in [-0.4, -0.2) is 43.2 Å². The van der Waals surface area contributed by atoms with E-state index in [1.54, 1.807) is 11.8 Å². The number of likely N-dealkylation sites (tertiary alicyclic amines) is 1. The molecule has 0 saturated carbocycles. The second-order valence-corrected chi connectivity index (χ2v) is 8.15. The molecule has 3 heterocycles. The Hall–Kier alpha value is -1.92. The summed E-state index contributed by atoms with van der Waals surface area (Å²) < 4.78 is 0. The molecule has 0 bridgehead atoms. The minimum atomic E-state index is 0.494. The lowest BCUT2D eigenvalue weighted by molar-refractivity contribution is 0.135. The van der Waals surface area contributed by atoms with E-state index in [-0.39, 0.29) is 0 Å². The highest BCUT2D eigenvalue weighted by Crippen LogP contribution is 2.28. The maximum atomic E-state index is 4.71. The molecule has 1 atom stereocenters. The third-order valence-corrected chi connectivity index (χ3v) is 5.88. The second kappa shape index (κ2) is 7.14. The molecule has 2 aromatic heterocycles. The minimum absolute atomic E-state index is 0.494. The number of hydrogen-bond acceptors (Lipinski definition) is 5. The zero-order valence-corrected chi connectivity index (χ0v) is 15.5. The number of aromatic nitrogens is 4. The largest absolute Gasteiger partial charge is 0.342 e. The summed E-state index contributed by atoms with van der Waals surface area (Å²) in [7, 11) is 0. The molecule has 25 heavy (non-hydrogen) atoms. The van der Waals surface area contributed by atoms with Crippen molar-refractivity contribution in [1.82, 2.24) is 24.8 Å². The monoisotopic (exact) mass is 353 g/mol. The van der Waals surface area contributed by atoms with Crippen LogP contribution in [0.4, 0.5) is 0 Å². The van der Waals surface area contributed by atoms with Crippen molar-refractivity contribution in [2.24, 2.45) is 0 Å². The van der Waals surface area contributed by atoms with Gasteiger partial charge in [-0.05, 0) is 18.6 Å². The van der Waals surface area contributed by atoms with Crippen LogP contribution < -0.4 is 0 Å². The summed E-state index contributed by atoms with van der Waals surface area (Å²) in [5.74, 6) is 1.60. The lowest BCUT2D eigenvalue weighted by Gasteiger charge is -2.38. The maximum Gasteiger partial charge on any atom is 0.187 e. The third kappa shape index (κ3) is 3.70. The summed E-state index contributed by atoms with van der Waals surface area (Å²) in [4.78, 5) is 19.6. The molecular weight excluding hydrogens is 330 g/mol. The fourth-order valence-electron chi connectivity index (χ4n) is 3.04. The number of hydrogen-bond donors (Lipinski definition) is 1. The van der Waals surface area contributed by atoms with E-state index in [0.717, 1.165) is 48.1 Å². The first-order valence-electron chi connectivity index (χ1n) is 8.86. The molecule has 1 saturated heterocycles. The van der Waals surface area contributed by atoms with Gasteiger partial charge in [0.1, 0.15) is 5.82 Å². The molecule has 4 rings (SSSR count). The molecule has 0 unspecified atom stereocenters. The topological polar surface area (TPSA) is 57.7 Å². The second-order valence-electron chi connectivity index (χ2n) is 6.74. The van der Waals surface area contributed by atoms with Crippen molar-refractivity contribution in [3.8, 4) is 0 Å². The van der Waals surface area contributed by atoms with E-state index in [0.29, 0.717) is 11.2 Å². The van der Waals surface area contributed by atoms with Gasteiger partial charge in [0.15, 0.2) is 5.16 Å². The number of nitrogens with one attached hydrogen (secondary N) is 1. The van der Waals surface area contributed by atoms with Gasteiger partial charge in [0, 0.05) is 48.8 Å². The smallest absolute Gasteiger partial charge is 0.187 e. The molecule has 1 aliphatic heterocycles. The number of benzene rings is 1. The van der Waals surface area contributed by atoms with Gasteiger partial charge in [0.25, 0.3) is 0 Å². The van der Waals surface area contributed by atoms with Gasteiger partial charge in [-0.3, -0.25) is 4.90 Å². The predicted molar refractivity (Wildman–Crippen MR) is 102 cm³/mol. The van der Waals surface area contributed by atoms with Gasteiger partial charge in [-0.2, -0.15) is 0 Å². The van der Waals surface area contributed by atoms with Crippen molar-refractivity contribution in [3.05, 3.63) is 48.0 Å². The molecular formula is C19H23N5S. The Morgan fingerprint density at radius 3 is 2.72 bits per heavy atom. The molecule has 1 fully saturated rings. The van der Waals surface area contributed by atoms with Gasteiger partial charge in [-0.25, -0.2) is 15.0 Å². The number of fused-ring (bicyclic) bond motifs is 1. The Morgan fingerprint density at radius 1 is 1.24 bits per heavy atom. The minimum Gasteiger partial charge on any atom is -0.342 e. The van der Waals surface area contributed by atoms with Crippen molar-refractivity contribution in [3.63, 3.8) is 0 Å². The van der Waals surface area contributed by atoms with E-state index in [4.69, 9.17) is 4.98 Å². The van der Waals surface area contributed by atoms with Crippen LogP contribution in [0, 0.1) is 0 Å². The number of H-pyrrole nitrogens is 1. The first kappa shape index (κ1) is 16.5. The molecule has 130 valence electrons. The summed E-state index contributed by atoms with van der Waals surface area (Å²) in [5.41, 5.74) is 3.36. The number of thioether (sulfide) groups is 1. The quantitative estimate of drug-likeness (QED) is 0.539. The van der Waals surface area contributed by atoms with Crippen molar-refractivity contribution in [2.45, 2.75) is 43.1 Å². The van der Waals surface area contributed by atoms with Crippen LogP contribution in [-0.2, 0) is 6.54 Å². The average Bonchev–Trinajstić information content (AvgIpc) is 3.02. The number of para-hydroxylation sites is 2. The number of rotatable bonds is 6.